The van der Waals surface area contributed by atoms with Crippen molar-refractivity contribution < 1.29 is 9.53 Å². The molecule has 0 aliphatic carbocycles. The largest absolute Gasteiger partial charge is 0.466 e. The Morgan fingerprint density at radius 1 is 1.29 bits per heavy atom. The van der Waals surface area contributed by atoms with Crippen molar-refractivity contribution in [1.29, 1.82) is 5.26 Å². The summed E-state index contributed by atoms with van der Waals surface area (Å²) in [5, 5.41) is 9.38. The summed E-state index contributed by atoms with van der Waals surface area (Å²) in [6, 6.07) is 9.78. The number of esters is 1. The summed E-state index contributed by atoms with van der Waals surface area (Å²) >= 11 is 0. The van der Waals surface area contributed by atoms with Crippen LogP contribution in [0, 0.1) is 11.3 Å². The highest BCUT2D eigenvalue weighted by molar-refractivity contribution is 5.69. The van der Waals surface area contributed by atoms with Gasteiger partial charge in [0.25, 0.3) is 0 Å². The molecule has 0 heterocycles. The Hall–Kier alpha value is -2.06. The first-order valence-electron chi connectivity index (χ1n) is 7.02. The third-order valence-corrected chi connectivity index (χ3v) is 3.26. The van der Waals surface area contributed by atoms with Crippen LogP contribution in [-0.4, -0.2) is 45.2 Å². The van der Waals surface area contributed by atoms with Gasteiger partial charge in [0.2, 0.25) is 0 Å². The monoisotopic (exact) mass is 289 g/mol. The van der Waals surface area contributed by atoms with Gasteiger partial charge in [0.15, 0.2) is 0 Å². The zero-order valence-electron chi connectivity index (χ0n) is 13.2. The molecule has 1 rings (SSSR count). The molecule has 0 saturated carbocycles. The SMILES string of the molecule is CCOC(=O)CCN(C)C(C#N)c1ccc(N(C)C)cc1. The van der Waals surface area contributed by atoms with Gasteiger partial charge in [0, 0.05) is 26.3 Å². The first-order valence-corrected chi connectivity index (χ1v) is 7.02. The maximum Gasteiger partial charge on any atom is 0.307 e. The van der Waals surface area contributed by atoms with Gasteiger partial charge in [-0.05, 0) is 31.7 Å². The Balaban J connectivity index is 2.69. The third kappa shape index (κ3) is 5.09. The van der Waals surface area contributed by atoms with E-state index in [4.69, 9.17) is 4.74 Å². The number of rotatable bonds is 7. The van der Waals surface area contributed by atoms with E-state index in [1.165, 1.54) is 0 Å². The van der Waals surface area contributed by atoms with Gasteiger partial charge in [-0.25, -0.2) is 0 Å². The van der Waals surface area contributed by atoms with Gasteiger partial charge in [-0.3, -0.25) is 9.69 Å². The molecule has 21 heavy (non-hydrogen) atoms. The summed E-state index contributed by atoms with van der Waals surface area (Å²) in [6.45, 7) is 2.66. The number of carbonyl (C=O) groups excluding carboxylic acids is 1. The van der Waals surface area contributed by atoms with Crippen LogP contribution in [0.5, 0.6) is 0 Å². The van der Waals surface area contributed by atoms with Crippen LogP contribution >= 0.6 is 0 Å². The topological polar surface area (TPSA) is 56.6 Å². The first kappa shape index (κ1) is 17.0. The summed E-state index contributed by atoms with van der Waals surface area (Å²) in [4.78, 5) is 15.2. The lowest BCUT2D eigenvalue weighted by molar-refractivity contribution is -0.143. The summed E-state index contributed by atoms with van der Waals surface area (Å²) in [5.41, 5.74) is 2.01. The average molecular weight is 289 g/mol. The Labute approximate surface area is 126 Å². The third-order valence-electron chi connectivity index (χ3n) is 3.26. The lowest BCUT2D eigenvalue weighted by Gasteiger charge is -2.23. The maximum atomic E-state index is 11.4. The summed E-state index contributed by atoms with van der Waals surface area (Å²) < 4.78 is 4.90. The lowest BCUT2D eigenvalue weighted by atomic mass is 10.1. The smallest absolute Gasteiger partial charge is 0.307 e. The van der Waals surface area contributed by atoms with E-state index in [1.54, 1.807) is 6.92 Å². The number of carbonyl (C=O) groups is 1. The molecule has 5 nitrogen and oxygen atoms in total. The van der Waals surface area contributed by atoms with E-state index in [0.29, 0.717) is 13.2 Å². The Bertz CT molecular complexity index is 491. The van der Waals surface area contributed by atoms with Crippen molar-refractivity contribution in [2.45, 2.75) is 19.4 Å². The van der Waals surface area contributed by atoms with Gasteiger partial charge in [0.05, 0.1) is 19.1 Å². The molecule has 1 atom stereocenters. The molecule has 1 unspecified atom stereocenters. The number of hydrogen-bond donors (Lipinski definition) is 0. The normalized spacial score (nSPS) is 11.8. The van der Waals surface area contributed by atoms with Crippen molar-refractivity contribution in [3.05, 3.63) is 29.8 Å². The number of nitrogens with zero attached hydrogens (tertiary/aromatic N) is 3. The van der Waals surface area contributed by atoms with Crippen molar-refractivity contribution in [2.75, 3.05) is 39.2 Å². The van der Waals surface area contributed by atoms with E-state index < -0.39 is 0 Å². The Kier molecular flexibility index (Phi) is 6.70. The quantitative estimate of drug-likeness (QED) is 0.720. The van der Waals surface area contributed by atoms with Gasteiger partial charge in [-0.2, -0.15) is 5.26 Å². The molecular weight excluding hydrogens is 266 g/mol. The van der Waals surface area contributed by atoms with Crippen LogP contribution in [0.3, 0.4) is 0 Å². The number of hydrogen-bond acceptors (Lipinski definition) is 5. The van der Waals surface area contributed by atoms with Crippen LogP contribution < -0.4 is 4.90 Å². The van der Waals surface area contributed by atoms with Crippen molar-refractivity contribution in [3.63, 3.8) is 0 Å². The zero-order valence-corrected chi connectivity index (χ0v) is 13.2. The molecule has 1 aromatic carbocycles. The fraction of sp³-hybridized carbons (Fsp3) is 0.500. The van der Waals surface area contributed by atoms with Crippen molar-refractivity contribution in [2.24, 2.45) is 0 Å². The minimum absolute atomic E-state index is 0.232. The van der Waals surface area contributed by atoms with Gasteiger partial charge >= 0.3 is 5.97 Å². The van der Waals surface area contributed by atoms with Gasteiger partial charge in [-0.15, -0.1) is 0 Å². The second-order valence-corrected chi connectivity index (χ2v) is 5.05. The van der Waals surface area contributed by atoms with Crippen LogP contribution in [0.4, 0.5) is 5.69 Å². The van der Waals surface area contributed by atoms with E-state index >= 15 is 0 Å². The number of benzene rings is 1. The Morgan fingerprint density at radius 3 is 2.38 bits per heavy atom. The molecule has 1 aromatic rings. The predicted octanol–water partition coefficient (Wildman–Crippen LogP) is 2.20. The van der Waals surface area contributed by atoms with Crippen LogP contribution in [0.2, 0.25) is 0 Å². The molecule has 0 aliphatic heterocycles. The number of nitriles is 1. The first-order chi connectivity index (χ1) is 9.99. The average Bonchev–Trinajstić information content (AvgIpc) is 2.47. The second kappa shape index (κ2) is 8.28. The van der Waals surface area contributed by atoms with E-state index in [1.807, 2.05) is 55.2 Å². The number of anilines is 1. The highest BCUT2D eigenvalue weighted by Gasteiger charge is 2.17. The molecule has 0 saturated heterocycles. The molecule has 0 aromatic heterocycles. The van der Waals surface area contributed by atoms with E-state index in [2.05, 4.69) is 6.07 Å². The summed E-state index contributed by atoms with van der Waals surface area (Å²) in [5.74, 6) is -0.232. The highest BCUT2D eigenvalue weighted by Crippen LogP contribution is 2.21. The van der Waals surface area contributed by atoms with Crippen LogP contribution in [0.1, 0.15) is 24.9 Å². The molecule has 0 amide bonds. The second-order valence-electron chi connectivity index (χ2n) is 5.05. The standard InChI is InChI=1S/C16H23N3O2/c1-5-21-16(20)10-11-19(4)15(12-17)13-6-8-14(9-7-13)18(2)3/h6-9,15H,5,10-11H2,1-4H3. The van der Waals surface area contributed by atoms with Crippen molar-refractivity contribution >= 4 is 11.7 Å². The molecule has 0 bridgehead atoms. The van der Waals surface area contributed by atoms with Gasteiger partial charge in [-0.1, -0.05) is 12.1 Å². The molecule has 0 N–H and O–H groups in total. The lowest BCUT2D eigenvalue weighted by Crippen LogP contribution is -2.26. The van der Waals surface area contributed by atoms with Crippen LogP contribution in [0.15, 0.2) is 24.3 Å². The molecule has 0 fully saturated rings. The van der Waals surface area contributed by atoms with Crippen molar-refractivity contribution in [1.82, 2.24) is 4.90 Å². The molecule has 0 radical (unpaired) electrons. The molecule has 5 heteroatoms. The highest BCUT2D eigenvalue weighted by atomic mass is 16.5. The molecular formula is C16H23N3O2. The molecule has 0 spiro atoms. The molecule has 0 aliphatic rings. The minimum atomic E-state index is -0.365. The minimum Gasteiger partial charge on any atom is -0.466 e. The summed E-state index contributed by atoms with van der Waals surface area (Å²) in [6.07, 6.45) is 0.290. The van der Waals surface area contributed by atoms with E-state index in [0.717, 1.165) is 11.3 Å². The van der Waals surface area contributed by atoms with Gasteiger partial charge < -0.3 is 9.64 Å². The van der Waals surface area contributed by atoms with E-state index in [9.17, 15) is 10.1 Å². The maximum absolute atomic E-state index is 11.4. The summed E-state index contributed by atoms with van der Waals surface area (Å²) in [7, 11) is 5.79. The zero-order chi connectivity index (χ0) is 15.8. The predicted molar refractivity (Wildman–Crippen MR) is 83.0 cm³/mol. The Morgan fingerprint density at radius 2 is 1.90 bits per heavy atom. The van der Waals surface area contributed by atoms with Gasteiger partial charge in [0.1, 0.15) is 6.04 Å². The molecule has 114 valence electrons. The van der Waals surface area contributed by atoms with Crippen LogP contribution in [0.25, 0.3) is 0 Å². The number of ether oxygens (including phenoxy) is 1. The van der Waals surface area contributed by atoms with Crippen molar-refractivity contribution in [3.8, 4) is 6.07 Å². The fourth-order valence-electron chi connectivity index (χ4n) is 2.01. The fourth-order valence-corrected chi connectivity index (χ4v) is 2.01. The van der Waals surface area contributed by atoms with Crippen LogP contribution in [-0.2, 0) is 9.53 Å². The van der Waals surface area contributed by atoms with E-state index in [-0.39, 0.29) is 18.4 Å².